The first kappa shape index (κ1) is 12.5. The van der Waals surface area contributed by atoms with Crippen molar-refractivity contribution in [3.05, 3.63) is 22.3 Å². The second kappa shape index (κ2) is 5.22. The summed E-state index contributed by atoms with van der Waals surface area (Å²) in [6, 6.07) is 1.93. The van der Waals surface area contributed by atoms with Gasteiger partial charge in [-0.15, -0.1) is 0 Å². The fourth-order valence-electron chi connectivity index (χ4n) is 1.50. The monoisotopic (exact) mass is 342 g/mol. The molecule has 18 heavy (non-hydrogen) atoms. The minimum Gasteiger partial charge on any atom is -0.226 e. The quantitative estimate of drug-likeness (QED) is 0.793. The van der Waals surface area contributed by atoms with Crippen molar-refractivity contribution in [2.75, 3.05) is 0 Å². The number of hydrogen-bond donors (Lipinski definition) is 0. The molecule has 0 saturated heterocycles. The van der Waals surface area contributed by atoms with Crippen molar-refractivity contribution in [1.82, 2.24) is 19.3 Å². The Balaban J connectivity index is 1.82. The highest BCUT2D eigenvalue weighted by Crippen LogP contribution is 2.39. The normalized spacial score (nSPS) is 15.0. The van der Waals surface area contributed by atoms with Crippen LogP contribution >= 0.6 is 39.2 Å². The third-order valence-corrected chi connectivity index (χ3v) is 4.70. The van der Waals surface area contributed by atoms with Gasteiger partial charge in [-0.25, -0.2) is 15.0 Å². The molecule has 1 aliphatic carbocycles. The third-order valence-electron chi connectivity index (χ3n) is 2.59. The molecule has 0 aromatic carbocycles. The van der Waals surface area contributed by atoms with E-state index in [1.807, 2.05) is 6.07 Å². The zero-order valence-corrected chi connectivity index (χ0v) is 13.0. The van der Waals surface area contributed by atoms with Crippen molar-refractivity contribution in [2.45, 2.75) is 41.5 Å². The Morgan fingerprint density at radius 1 is 1.39 bits per heavy atom. The summed E-state index contributed by atoms with van der Waals surface area (Å²) < 4.78 is 6.07. The van der Waals surface area contributed by atoms with E-state index in [0.29, 0.717) is 5.92 Å². The molecule has 0 radical (unpaired) electrons. The lowest BCUT2D eigenvalue weighted by molar-refractivity contribution is 0.866. The molecule has 0 aliphatic heterocycles. The van der Waals surface area contributed by atoms with E-state index >= 15 is 0 Å². The molecule has 3 rings (SSSR count). The minimum absolute atomic E-state index is 0.558. The summed E-state index contributed by atoms with van der Waals surface area (Å²) >= 11 is 6.44. The third kappa shape index (κ3) is 2.89. The summed E-state index contributed by atoms with van der Waals surface area (Å²) in [7, 11) is 0. The molecule has 7 heteroatoms. The number of nitrogens with zero attached hydrogens (tertiary/aromatic N) is 4. The van der Waals surface area contributed by atoms with Crippen LogP contribution in [0, 0.1) is 0 Å². The fourth-order valence-corrected chi connectivity index (χ4v) is 3.71. The van der Waals surface area contributed by atoms with Gasteiger partial charge in [0.05, 0.1) is 0 Å². The highest BCUT2D eigenvalue weighted by Gasteiger charge is 2.27. The summed E-state index contributed by atoms with van der Waals surface area (Å²) in [6.45, 7) is 2.06. The van der Waals surface area contributed by atoms with Gasteiger partial charge in [-0.1, -0.05) is 6.92 Å². The Hall–Kier alpha value is -0.530. The SMILES string of the molecule is CCc1nsc(Sc2cc(Br)nc(C3CC3)n2)n1. The number of halogens is 1. The largest absolute Gasteiger partial charge is 0.226 e. The zero-order valence-electron chi connectivity index (χ0n) is 9.76. The summed E-state index contributed by atoms with van der Waals surface area (Å²) in [5.41, 5.74) is 0. The van der Waals surface area contributed by atoms with Crippen LogP contribution in [0.25, 0.3) is 0 Å². The van der Waals surface area contributed by atoms with Crippen LogP contribution in [0.1, 0.15) is 37.3 Å². The van der Waals surface area contributed by atoms with Gasteiger partial charge in [-0.3, -0.25) is 0 Å². The Bertz CT molecular complexity index is 568. The maximum atomic E-state index is 4.59. The Morgan fingerprint density at radius 3 is 2.89 bits per heavy atom. The molecule has 0 spiro atoms. The highest BCUT2D eigenvalue weighted by molar-refractivity contribution is 9.10. The predicted molar refractivity (Wildman–Crippen MR) is 75.1 cm³/mol. The predicted octanol–water partition coefficient (Wildman–Crippen LogP) is 3.68. The summed E-state index contributed by atoms with van der Waals surface area (Å²) in [4.78, 5) is 13.4. The van der Waals surface area contributed by atoms with Crippen molar-refractivity contribution in [2.24, 2.45) is 0 Å². The molecule has 2 heterocycles. The summed E-state index contributed by atoms with van der Waals surface area (Å²) in [5, 5.41) is 0.942. The lowest BCUT2D eigenvalue weighted by atomic mass is 10.4. The van der Waals surface area contributed by atoms with Gasteiger partial charge >= 0.3 is 0 Å². The first-order chi connectivity index (χ1) is 8.74. The molecular weight excluding hydrogens is 332 g/mol. The molecule has 94 valence electrons. The van der Waals surface area contributed by atoms with Crippen LogP contribution in [-0.4, -0.2) is 19.3 Å². The smallest absolute Gasteiger partial charge is 0.176 e. The first-order valence-corrected chi connectivity index (χ1v) is 8.18. The second-order valence-corrected chi connectivity index (χ2v) is 6.93. The highest BCUT2D eigenvalue weighted by atomic mass is 79.9. The average Bonchev–Trinajstić information content (AvgIpc) is 3.10. The Kier molecular flexibility index (Phi) is 3.63. The standard InChI is InChI=1S/C11H11BrN4S2/c1-2-8-14-11(18-16-8)17-9-5-7(12)13-10(15-9)6-3-4-6/h5-6H,2-4H2,1H3. The number of aromatic nitrogens is 4. The first-order valence-electron chi connectivity index (χ1n) is 5.79. The van der Waals surface area contributed by atoms with E-state index < -0.39 is 0 Å². The van der Waals surface area contributed by atoms with Crippen molar-refractivity contribution >= 4 is 39.2 Å². The van der Waals surface area contributed by atoms with Crippen molar-refractivity contribution in [3.63, 3.8) is 0 Å². The zero-order chi connectivity index (χ0) is 12.5. The molecule has 2 aromatic rings. The van der Waals surface area contributed by atoms with Gasteiger partial charge in [0.25, 0.3) is 0 Å². The average molecular weight is 343 g/mol. The van der Waals surface area contributed by atoms with Crippen LogP contribution in [0.15, 0.2) is 20.0 Å². The van der Waals surface area contributed by atoms with Gasteiger partial charge in [0.15, 0.2) is 4.34 Å². The molecule has 0 atom stereocenters. The van der Waals surface area contributed by atoms with E-state index in [-0.39, 0.29) is 0 Å². The molecule has 1 saturated carbocycles. The van der Waals surface area contributed by atoms with E-state index in [9.17, 15) is 0 Å². The van der Waals surface area contributed by atoms with E-state index in [1.165, 1.54) is 24.4 Å². The Labute approximate surface area is 122 Å². The lowest BCUT2D eigenvalue weighted by Gasteiger charge is -2.01. The molecule has 0 N–H and O–H groups in total. The van der Waals surface area contributed by atoms with E-state index in [1.54, 1.807) is 11.8 Å². The van der Waals surface area contributed by atoms with Gasteiger partial charge < -0.3 is 0 Å². The van der Waals surface area contributed by atoms with Gasteiger partial charge in [0, 0.05) is 18.4 Å². The van der Waals surface area contributed by atoms with Crippen LogP contribution in [0.5, 0.6) is 0 Å². The molecule has 4 nitrogen and oxygen atoms in total. The van der Waals surface area contributed by atoms with Crippen LogP contribution in [-0.2, 0) is 6.42 Å². The number of aryl methyl sites for hydroxylation is 1. The van der Waals surface area contributed by atoms with E-state index in [4.69, 9.17) is 0 Å². The fraction of sp³-hybridized carbons (Fsp3) is 0.455. The maximum absolute atomic E-state index is 4.59. The molecule has 2 aromatic heterocycles. The van der Waals surface area contributed by atoms with Crippen LogP contribution in [0.4, 0.5) is 0 Å². The van der Waals surface area contributed by atoms with Crippen LogP contribution in [0.3, 0.4) is 0 Å². The van der Waals surface area contributed by atoms with Crippen LogP contribution in [0.2, 0.25) is 0 Å². The topological polar surface area (TPSA) is 51.6 Å². The molecular formula is C11H11BrN4S2. The van der Waals surface area contributed by atoms with Gasteiger partial charge in [-0.05, 0) is 52.1 Å². The molecule has 0 amide bonds. The van der Waals surface area contributed by atoms with Crippen molar-refractivity contribution in [1.29, 1.82) is 0 Å². The van der Waals surface area contributed by atoms with Gasteiger partial charge in [0.1, 0.15) is 21.3 Å². The molecule has 0 bridgehead atoms. The second-order valence-electron chi connectivity index (χ2n) is 4.09. The molecule has 0 unspecified atom stereocenters. The number of hydrogen-bond acceptors (Lipinski definition) is 6. The summed E-state index contributed by atoms with van der Waals surface area (Å²) in [6.07, 6.45) is 3.29. The van der Waals surface area contributed by atoms with E-state index in [0.717, 1.165) is 32.0 Å². The van der Waals surface area contributed by atoms with Crippen molar-refractivity contribution < 1.29 is 0 Å². The maximum Gasteiger partial charge on any atom is 0.176 e. The Morgan fingerprint density at radius 2 is 2.22 bits per heavy atom. The number of rotatable bonds is 4. The minimum atomic E-state index is 0.558. The van der Waals surface area contributed by atoms with Gasteiger partial charge in [0.2, 0.25) is 0 Å². The van der Waals surface area contributed by atoms with Gasteiger partial charge in [-0.2, -0.15) is 4.37 Å². The van der Waals surface area contributed by atoms with Crippen molar-refractivity contribution in [3.8, 4) is 0 Å². The lowest BCUT2D eigenvalue weighted by Crippen LogP contribution is -1.94. The van der Waals surface area contributed by atoms with E-state index in [2.05, 4.69) is 42.2 Å². The summed E-state index contributed by atoms with van der Waals surface area (Å²) in [5.74, 6) is 2.41. The molecule has 1 aliphatic rings. The van der Waals surface area contributed by atoms with Crippen LogP contribution < -0.4 is 0 Å². The molecule has 1 fully saturated rings.